The van der Waals surface area contributed by atoms with Gasteiger partial charge < -0.3 is 10.6 Å². The van der Waals surface area contributed by atoms with Gasteiger partial charge in [0, 0.05) is 32.2 Å². The zero-order chi connectivity index (χ0) is 17.2. The Hall–Kier alpha value is -1.59. The number of nitriles is 1. The first-order valence-corrected chi connectivity index (χ1v) is 8.62. The molecule has 2 N–H and O–H groups in total. The lowest BCUT2D eigenvalue weighted by Gasteiger charge is -2.32. The highest BCUT2D eigenvalue weighted by Crippen LogP contribution is 2.10. The molecular weight excluding hydrogens is 425 g/mol. The molecule has 1 aliphatic heterocycles. The molecule has 1 aromatic rings. The third-order valence-corrected chi connectivity index (χ3v) is 4.14. The predicted molar refractivity (Wildman–Crippen MR) is 114 cm³/mol. The minimum Gasteiger partial charge on any atom is -0.357 e. The lowest BCUT2D eigenvalue weighted by Crippen LogP contribution is -2.48. The van der Waals surface area contributed by atoms with Gasteiger partial charge in [0.05, 0.1) is 18.2 Å². The fourth-order valence-corrected chi connectivity index (χ4v) is 2.87. The number of benzene rings is 1. The Morgan fingerprint density at radius 2 is 2.20 bits per heavy atom. The van der Waals surface area contributed by atoms with Crippen LogP contribution >= 0.6 is 24.0 Å². The molecule has 0 radical (unpaired) electrons. The number of aliphatic imine (C=N–C) groups is 1. The molecule has 0 aromatic heterocycles. The molecule has 6 heteroatoms. The van der Waals surface area contributed by atoms with Crippen LogP contribution in [0, 0.1) is 11.3 Å². The number of piperidine rings is 1. The van der Waals surface area contributed by atoms with E-state index in [2.05, 4.69) is 40.1 Å². The van der Waals surface area contributed by atoms with Crippen molar-refractivity contribution in [1.29, 1.82) is 5.26 Å². The molecule has 0 aliphatic carbocycles. The first-order valence-electron chi connectivity index (χ1n) is 8.62. The van der Waals surface area contributed by atoms with Gasteiger partial charge in [0.25, 0.3) is 0 Å². The van der Waals surface area contributed by atoms with Gasteiger partial charge >= 0.3 is 0 Å². The van der Waals surface area contributed by atoms with Crippen molar-refractivity contribution in [3.8, 4) is 6.07 Å². The van der Waals surface area contributed by atoms with Crippen LogP contribution in [-0.4, -0.2) is 43.1 Å². The van der Waals surface area contributed by atoms with Gasteiger partial charge in [-0.15, -0.1) is 30.6 Å². The van der Waals surface area contributed by atoms with Crippen LogP contribution in [0.25, 0.3) is 0 Å². The summed E-state index contributed by atoms with van der Waals surface area (Å²) in [5.74, 6) is 0.849. The van der Waals surface area contributed by atoms with Crippen molar-refractivity contribution in [1.82, 2.24) is 15.5 Å². The molecule has 25 heavy (non-hydrogen) atoms. The second-order valence-corrected chi connectivity index (χ2v) is 6.02. The van der Waals surface area contributed by atoms with E-state index in [9.17, 15) is 0 Å². The average Bonchev–Trinajstić information content (AvgIpc) is 2.62. The first-order chi connectivity index (χ1) is 11.7. The Morgan fingerprint density at radius 3 is 2.84 bits per heavy atom. The number of hydrogen-bond donors (Lipinski definition) is 2. The van der Waals surface area contributed by atoms with E-state index in [-0.39, 0.29) is 24.0 Å². The number of hydrogen-bond acceptors (Lipinski definition) is 3. The maximum Gasteiger partial charge on any atom is 0.191 e. The fourth-order valence-electron chi connectivity index (χ4n) is 2.87. The van der Waals surface area contributed by atoms with Crippen molar-refractivity contribution in [3.05, 3.63) is 48.0 Å². The van der Waals surface area contributed by atoms with Crippen LogP contribution in [0.2, 0.25) is 0 Å². The summed E-state index contributed by atoms with van der Waals surface area (Å²) in [6, 6.07) is 10.2. The van der Waals surface area contributed by atoms with Crippen molar-refractivity contribution >= 4 is 29.9 Å². The molecule has 1 fully saturated rings. The lowest BCUT2D eigenvalue weighted by molar-refractivity contribution is 0.225. The first kappa shape index (κ1) is 21.5. The van der Waals surface area contributed by atoms with Crippen LogP contribution in [0.1, 0.15) is 30.9 Å². The SMILES string of the molecule is C=CCN1CCC(NC(=NCc2cccc(C#N)c2)NCC)CC1.I. The van der Waals surface area contributed by atoms with Gasteiger partial charge in [0.2, 0.25) is 0 Å². The summed E-state index contributed by atoms with van der Waals surface area (Å²) < 4.78 is 0. The van der Waals surface area contributed by atoms with Crippen LogP contribution < -0.4 is 10.6 Å². The largest absolute Gasteiger partial charge is 0.357 e. The Morgan fingerprint density at radius 1 is 1.44 bits per heavy atom. The minimum atomic E-state index is 0. The highest BCUT2D eigenvalue weighted by molar-refractivity contribution is 14.0. The topological polar surface area (TPSA) is 63.5 Å². The number of likely N-dealkylation sites (tertiary alicyclic amines) is 1. The van der Waals surface area contributed by atoms with E-state index in [4.69, 9.17) is 5.26 Å². The van der Waals surface area contributed by atoms with Gasteiger partial charge in [0.15, 0.2) is 5.96 Å². The van der Waals surface area contributed by atoms with E-state index >= 15 is 0 Å². The van der Waals surface area contributed by atoms with E-state index in [0.717, 1.165) is 50.5 Å². The molecule has 0 spiro atoms. The highest BCUT2D eigenvalue weighted by atomic mass is 127. The number of nitrogens with one attached hydrogen (secondary N) is 2. The second kappa shape index (κ2) is 11.9. The Kier molecular flexibility index (Phi) is 10.2. The summed E-state index contributed by atoms with van der Waals surface area (Å²) in [5, 5.41) is 15.8. The third-order valence-electron chi connectivity index (χ3n) is 4.14. The molecule has 0 saturated carbocycles. The summed E-state index contributed by atoms with van der Waals surface area (Å²) in [7, 11) is 0. The van der Waals surface area contributed by atoms with E-state index < -0.39 is 0 Å². The van der Waals surface area contributed by atoms with Crippen LogP contribution in [0.5, 0.6) is 0 Å². The molecule has 1 aliphatic rings. The van der Waals surface area contributed by atoms with Crippen LogP contribution in [0.15, 0.2) is 41.9 Å². The van der Waals surface area contributed by atoms with Gasteiger partial charge in [-0.1, -0.05) is 18.2 Å². The van der Waals surface area contributed by atoms with E-state index in [1.165, 1.54) is 0 Å². The summed E-state index contributed by atoms with van der Waals surface area (Å²) in [6.45, 7) is 10.4. The summed E-state index contributed by atoms with van der Waals surface area (Å²) in [5.41, 5.74) is 1.72. The molecule has 1 heterocycles. The number of rotatable bonds is 6. The van der Waals surface area contributed by atoms with E-state index in [1.807, 2.05) is 30.3 Å². The zero-order valence-electron chi connectivity index (χ0n) is 14.9. The zero-order valence-corrected chi connectivity index (χ0v) is 17.2. The molecule has 0 amide bonds. The van der Waals surface area contributed by atoms with Crippen molar-refractivity contribution in [3.63, 3.8) is 0 Å². The van der Waals surface area contributed by atoms with Crippen LogP contribution in [0.4, 0.5) is 0 Å². The van der Waals surface area contributed by atoms with Gasteiger partial charge in [-0.3, -0.25) is 4.90 Å². The predicted octanol–water partition coefficient (Wildman–Crippen LogP) is 2.88. The third kappa shape index (κ3) is 7.45. The molecule has 1 saturated heterocycles. The monoisotopic (exact) mass is 453 g/mol. The Bertz CT molecular complexity index is 600. The number of nitrogens with zero attached hydrogens (tertiary/aromatic N) is 3. The average molecular weight is 453 g/mol. The number of guanidine groups is 1. The molecule has 2 rings (SSSR count). The molecule has 0 atom stereocenters. The standard InChI is InChI=1S/C19H27N5.HI/c1-3-10-24-11-8-18(9-12-24)23-19(21-4-2)22-15-17-7-5-6-16(13-17)14-20;/h3,5-7,13,18H,1,4,8-12,15H2,2H3,(H2,21,22,23);1H. The Labute approximate surface area is 168 Å². The van der Waals surface area contributed by atoms with Crippen molar-refractivity contribution in [2.45, 2.75) is 32.4 Å². The van der Waals surface area contributed by atoms with Gasteiger partial charge in [-0.25, -0.2) is 4.99 Å². The van der Waals surface area contributed by atoms with E-state index in [1.54, 1.807) is 0 Å². The molecule has 0 bridgehead atoms. The summed E-state index contributed by atoms with van der Waals surface area (Å²) in [6.07, 6.45) is 4.19. The van der Waals surface area contributed by atoms with Gasteiger partial charge in [-0.05, 0) is 37.5 Å². The fraction of sp³-hybridized carbons (Fsp3) is 0.474. The number of halogens is 1. The smallest absolute Gasteiger partial charge is 0.191 e. The quantitative estimate of drug-likeness (QED) is 0.301. The normalized spacial score (nSPS) is 15.8. The van der Waals surface area contributed by atoms with Crippen LogP contribution in [0.3, 0.4) is 0 Å². The highest BCUT2D eigenvalue weighted by Gasteiger charge is 2.18. The molecule has 136 valence electrons. The van der Waals surface area contributed by atoms with Crippen molar-refractivity contribution in [2.24, 2.45) is 4.99 Å². The molecular formula is C19H28IN5. The molecule has 0 unspecified atom stereocenters. The van der Waals surface area contributed by atoms with Crippen molar-refractivity contribution < 1.29 is 0 Å². The molecule has 5 nitrogen and oxygen atoms in total. The summed E-state index contributed by atoms with van der Waals surface area (Å²) in [4.78, 5) is 7.08. The van der Waals surface area contributed by atoms with Crippen molar-refractivity contribution in [2.75, 3.05) is 26.2 Å². The van der Waals surface area contributed by atoms with Gasteiger partial charge in [0.1, 0.15) is 0 Å². The molecule has 1 aromatic carbocycles. The Balaban J connectivity index is 0.00000312. The maximum atomic E-state index is 8.98. The summed E-state index contributed by atoms with van der Waals surface area (Å²) >= 11 is 0. The second-order valence-electron chi connectivity index (χ2n) is 6.02. The maximum absolute atomic E-state index is 8.98. The van der Waals surface area contributed by atoms with E-state index in [0.29, 0.717) is 18.2 Å². The minimum absolute atomic E-state index is 0. The van der Waals surface area contributed by atoms with Crippen LogP contribution in [-0.2, 0) is 6.54 Å². The lowest BCUT2D eigenvalue weighted by atomic mass is 10.1. The van der Waals surface area contributed by atoms with Gasteiger partial charge in [-0.2, -0.15) is 5.26 Å².